The van der Waals surface area contributed by atoms with Crippen LogP contribution < -0.4 is 25.0 Å². The van der Waals surface area contributed by atoms with Crippen LogP contribution in [0.2, 0.25) is 5.02 Å². The molecule has 8 heteroatoms. The van der Waals surface area contributed by atoms with E-state index in [2.05, 4.69) is 10.6 Å². The molecule has 0 bridgehead atoms. The van der Waals surface area contributed by atoms with Crippen molar-refractivity contribution in [2.24, 2.45) is 0 Å². The van der Waals surface area contributed by atoms with Crippen molar-refractivity contribution in [1.29, 1.82) is 0 Å². The summed E-state index contributed by atoms with van der Waals surface area (Å²) in [5, 5.41) is 5.87. The summed E-state index contributed by atoms with van der Waals surface area (Å²) in [6.45, 7) is 0.306. The van der Waals surface area contributed by atoms with Gasteiger partial charge in [0.15, 0.2) is 6.10 Å². The fraction of sp³-hybridized carbons (Fsp3) is 0.263. The number of carbonyl (C=O) groups excluding carboxylic acids is 2. The van der Waals surface area contributed by atoms with E-state index in [9.17, 15) is 9.59 Å². The summed E-state index contributed by atoms with van der Waals surface area (Å²) in [5.74, 6) is 0.568. The number of amides is 2. The minimum atomic E-state index is -0.696. The number of likely N-dealkylation sites (N-methyl/N-ethyl adjacent to an activating group) is 1. The molecule has 142 valence electrons. The monoisotopic (exact) mass is 389 g/mol. The molecule has 0 saturated carbocycles. The fourth-order valence-electron chi connectivity index (χ4n) is 2.90. The molecular weight excluding hydrogens is 370 g/mol. The van der Waals surface area contributed by atoms with E-state index in [1.165, 1.54) is 7.11 Å². The van der Waals surface area contributed by atoms with Crippen molar-refractivity contribution in [2.45, 2.75) is 6.10 Å². The van der Waals surface area contributed by atoms with Gasteiger partial charge >= 0.3 is 0 Å². The van der Waals surface area contributed by atoms with Gasteiger partial charge in [-0.2, -0.15) is 0 Å². The van der Waals surface area contributed by atoms with Crippen LogP contribution in [0.4, 0.5) is 11.4 Å². The average Bonchev–Trinajstić information content (AvgIpc) is 2.67. The number of nitrogens with one attached hydrogen (secondary N) is 2. The first-order valence-electron chi connectivity index (χ1n) is 8.37. The number of ether oxygens (including phenoxy) is 2. The van der Waals surface area contributed by atoms with Gasteiger partial charge in [0, 0.05) is 12.1 Å². The standard InChI is InChI=1S/C19H20ClN3O4/c1-21-19(25)17-10-23(14-5-3-4-6-16(14)27-17)11-18(24)22-13-9-12(20)7-8-15(13)26-2/h3-9,17H,10-11H2,1-2H3,(H,21,25)(H,22,24)/t17-/m0/s1. The van der Waals surface area contributed by atoms with Crippen LogP contribution in [0, 0.1) is 0 Å². The number of hydrogen-bond donors (Lipinski definition) is 2. The fourth-order valence-corrected chi connectivity index (χ4v) is 3.07. The third-order valence-electron chi connectivity index (χ3n) is 4.17. The van der Waals surface area contributed by atoms with Crippen molar-refractivity contribution in [3.63, 3.8) is 0 Å². The molecule has 0 aromatic heterocycles. The summed E-state index contributed by atoms with van der Waals surface area (Å²) in [7, 11) is 3.07. The van der Waals surface area contributed by atoms with E-state index in [1.807, 2.05) is 23.1 Å². The molecule has 7 nitrogen and oxygen atoms in total. The zero-order chi connectivity index (χ0) is 19.4. The van der Waals surface area contributed by atoms with Crippen molar-refractivity contribution >= 4 is 34.8 Å². The topological polar surface area (TPSA) is 79.9 Å². The van der Waals surface area contributed by atoms with Crippen LogP contribution in [0.3, 0.4) is 0 Å². The Morgan fingerprint density at radius 3 is 2.81 bits per heavy atom. The number of rotatable bonds is 5. The van der Waals surface area contributed by atoms with Crippen LogP contribution in [0.5, 0.6) is 11.5 Å². The van der Waals surface area contributed by atoms with E-state index < -0.39 is 6.10 Å². The van der Waals surface area contributed by atoms with E-state index in [4.69, 9.17) is 21.1 Å². The van der Waals surface area contributed by atoms with Crippen LogP contribution in [0.15, 0.2) is 42.5 Å². The number of para-hydroxylation sites is 2. The average molecular weight is 390 g/mol. The van der Waals surface area contributed by atoms with Gasteiger partial charge in [-0.25, -0.2) is 0 Å². The summed E-state index contributed by atoms with van der Waals surface area (Å²) in [4.78, 5) is 26.5. The van der Waals surface area contributed by atoms with Gasteiger partial charge in [0.25, 0.3) is 5.91 Å². The molecule has 2 aromatic rings. The zero-order valence-electron chi connectivity index (χ0n) is 15.0. The summed E-state index contributed by atoms with van der Waals surface area (Å²) in [5.41, 5.74) is 1.24. The maximum Gasteiger partial charge on any atom is 0.262 e. The molecule has 1 aliphatic heterocycles. The predicted molar refractivity (Wildman–Crippen MR) is 104 cm³/mol. The maximum atomic E-state index is 12.6. The Balaban J connectivity index is 1.78. The Bertz CT molecular complexity index is 859. The first-order chi connectivity index (χ1) is 13.0. The number of methoxy groups -OCH3 is 1. The molecule has 27 heavy (non-hydrogen) atoms. The number of anilines is 2. The van der Waals surface area contributed by atoms with Crippen LogP contribution in [-0.2, 0) is 9.59 Å². The Labute approximate surface area is 162 Å². The lowest BCUT2D eigenvalue weighted by atomic mass is 10.1. The van der Waals surface area contributed by atoms with E-state index in [1.54, 1.807) is 31.3 Å². The molecule has 0 fully saturated rings. The predicted octanol–water partition coefficient (Wildman–Crippen LogP) is 2.30. The maximum absolute atomic E-state index is 12.6. The Morgan fingerprint density at radius 2 is 2.07 bits per heavy atom. The highest BCUT2D eigenvalue weighted by molar-refractivity contribution is 6.31. The van der Waals surface area contributed by atoms with Crippen LogP contribution in [-0.4, -0.2) is 45.2 Å². The SMILES string of the molecule is CNC(=O)[C@@H]1CN(CC(=O)Nc2cc(Cl)ccc2OC)c2ccccc2O1. The van der Waals surface area contributed by atoms with Gasteiger partial charge in [-0.1, -0.05) is 23.7 Å². The second-order valence-electron chi connectivity index (χ2n) is 5.96. The largest absolute Gasteiger partial charge is 0.495 e. The van der Waals surface area contributed by atoms with Gasteiger partial charge < -0.3 is 25.0 Å². The van der Waals surface area contributed by atoms with Gasteiger partial charge in [0.05, 0.1) is 31.6 Å². The molecule has 0 saturated heterocycles. The van der Waals surface area contributed by atoms with Gasteiger partial charge in [-0.15, -0.1) is 0 Å². The van der Waals surface area contributed by atoms with Crippen molar-refractivity contribution in [2.75, 3.05) is 37.5 Å². The van der Waals surface area contributed by atoms with Gasteiger partial charge in [-0.05, 0) is 30.3 Å². The molecular formula is C19H20ClN3O4. The Kier molecular flexibility index (Phi) is 5.71. The molecule has 0 radical (unpaired) electrons. The molecule has 0 aliphatic carbocycles. The molecule has 1 aliphatic rings. The molecule has 1 heterocycles. The molecule has 3 rings (SSSR count). The van der Waals surface area contributed by atoms with E-state index in [0.29, 0.717) is 22.2 Å². The molecule has 2 N–H and O–H groups in total. The molecule has 1 atom stereocenters. The van der Waals surface area contributed by atoms with E-state index >= 15 is 0 Å². The third kappa shape index (κ3) is 4.25. The lowest BCUT2D eigenvalue weighted by Crippen LogP contribution is -2.50. The van der Waals surface area contributed by atoms with Gasteiger partial charge in [0.1, 0.15) is 11.5 Å². The third-order valence-corrected chi connectivity index (χ3v) is 4.41. The van der Waals surface area contributed by atoms with Crippen molar-refractivity contribution < 1.29 is 19.1 Å². The molecule has 2 aromatic carbocycles. The van der Waals surface area contributed by atoms with Crippen molar-refractivity contribution in [1.82, 2.24) is 5.32 Å². The lowest BCUT2D eigenvalue weighted by molar-refractivity contribution is -0.127. The highest BCUT2D eigenvalue weighted by Gasteiger charge is 2.31. The summed E-state index contributed by atoms with van der Waals surface area (Å²) in [6, 6.07) is 12.3. The van der Waals surface area contributed by atoms with Gasteiger partial charge in [-0.3, -0.25) is 9.59 Å². The molecule has 2 amide bonds. The first kappa shape index (κ1) is 18.8. The minimum absolute atomic E-state index is 0.0452. The lowest BCUT2D eigenvalue weighted by Gasteiger charge is -2.35. The number of hydrogen-bond acceptors (Lipinski definition) is 5. The summed E-state index contributed by atoms with van der Waals surface area (Å²) < 4.78 is 11.0. The summed E-state index contributed by atoms with van der Waals surface area (Å²) in [6.07, 6.45) is -0.696. The Hall–Kier alpha value is -2.93. The molecule has 0 spiro atoms. The van der Waals surface area contributed by atoms with Crippen molar-refractivity contribution in [3.05, 3.63) is 47.5 Å². The zero-order valence-corrected chi connectivity index (χ0v) is 15.7. The normalized spacial score (nSPS) is 15.4. The number of nitrogens with zero attached hydrogens (tertiary/aromatic N) is 1. The van der Waals surface area contributed by atoms with Crippen LogP contribution in [0.25, 0.3) is 0 Å². The minimum Gasteiger partial charge on any atom is -0.495 e. The Morgan fingerprint density at radius 1 is 1.30 bits per heavy atom. The highest BCUT2D eigenvalue weighted by Crippen LogP contribution is 2.33. The number of fused-ring (bicyclic) bond motifs is 1. The van der Waals surface area contributed by atoms with Crippen molar-refractivity contribution in [3.8, 4) is 11.5 Å². The van der Waals surface area contributed by atoms with Gasteiger partial charge in [0.2, 0.25) is 5.91 Å². The van der Waals surface area contributed by atoms with E-state index in [0.717, 1.165) is 5.69 Å². The smallest absolute Gasteiger partial charge is 0.262 e. The van der Waals surface area contributed by atoms with Crippen LogP contribution in [0.1, 0.15) is 0 Å². The molecule has 0 unspecified atom stereocenters. The van der Waals surface area contributed by atoms with Crippen LogP contribution >= 0.6 is 11.6 Å². The second kappa shape index (κ2) is 8.18. The highest BCUT2D eigenvalue weighted by atomic mass is 35.5. The number of carbonyl (C=O) groups is 2. The number of halogens is 1. The van der Waals surface area contributed by atoms with E-state index in [-0.39, 0.29) is 24.9 Å². The number of benzene rings is 2. The first-order valence-corrected chi connectivity index (χ1v) is 8.75. The second-order valence-corrected chi connectivity index (χ2v) is 6.40. The summed E-state index contributed by atoms with van der Waals surface area (Å²) >= 11 is 6.01. The quantitative estimate of drug-likeness (QED) is 0.820.